The van der Waals surface area contributed by atoms with Crippen molar-refractivity contribution in [2.75, 3.05) is 18.8 Å². The quantitative estimate of drug-likeness (QED) is 0.887. The van der Waals surface area contributed by atoms with Gasteiger partial charge in [-0.1, -0.05) is 19.3 Å². The number of hydrogen-bond donors (Lipinski definition) is 2. The Labute approximate surface area is 123 Å². The Morgan fingerprint density at radius 3 is 3.00 bits per heavy atom. The van der Waals surface area contributed by atoms with Crippen LogP contribution in [0.1, 0.15) is 42.7 Å². The molecule has 1 aliphatic carbocycles. The number of carbonyl (C=O) groups is 1. The van der Waals surface area contributed by atoms with E-state index in [0.717, 1.165) is 38.0 Å². The Bertz CT molecular complexity index is 482. The molecule has 0 unspecified atom stereocenters. The molecule has 1 saturated carbocycles. The summed E-state index contributed by atoms with van der Waals surface area (Å²) in [5.41, 5.74) is 6.86. The highest BCUT2D eigenvalue weighted by molar-refractivity contribution is 7.15. The zero-order valence-corrected chi connectivity index (χ0v) is 12.5. The van der Waals surface area contributed by atoms with Gasteiger partial charge < -0.3 is 11.1 Å². The number of nitrogens with one attached hydrogen (secondary N) is 1. The number of nitrogens with two attached hydrogens (primary N) is 1. The van der Waals surface area contributed by atoms with E-state index in [1.807, 2.05) is 0 Å². The van der Waals surface area contributed by atoms with Crippen molar-refractivity contribution in [3.8, 4) is 0 Å². The number of carbonyl (C=O) groups excluding carboxylic acids is 1. The zero-order valence-electron chi connectivity index (χ0n) is 11.7. The van der Waals surface area contributed by atoms with Crippen LogP contribution in [0.2, 0.25) is 0 Å². The monoisotopic (exact) mass is 294 g/mol. The molecule has 1 fully saturated rings. The van der Waals surface area contributed by atoms with Gasteiger partial charge >= 0.3 is 0 Å². The summed E-state index contributed by atoms with van der Waals surface area (Å²) in [5.74, 6) is 0.165. The van der Waals surface area contributed by atoms with Gasteiger partial charge in [0, 0.05) is 30.4 Å². The molecule has 2 heterocycles. The van der Waals surface area contributed by atoms with E-state index in [0.29, 0.717) is 17.7 Å². The average molecular weight is 294 g/mol. The van der Waals surface area contributed by atoms with Crippen LogP contribution in [0.3, 0.4) is 0 Å². The summed E-state index contributed by atoms with van der Waals surface area (Å²) < 4.78 is 0. The van der Waals surface area contributed by atoms with Crippen LogP contribution in [0.5, 0.6) is 0 Å². The topological polar surface area (TPSA) is 71.2 Å². The maximum Gasteiger partial charge on any atom is 0.234 e. The molecule has 110 valence electrons. The second-order valence-corrected chi connectivity index (χ2v) is 6.90. The SMILES string of the molecule is Nc1nc2c(s1)CN(CC(=O)NC1CCCCC1)CC2. The fourth-order valence-corrected chi connectivity index (χ4v) is 4.05. The number of rotatable bonds is 3. The van der Waals surface area contributed by atoms with Crippen molar-refractivity contribution in [1.82, 2.24) is 15.2 Å². The number of nitrogens with zero attached hydrogens (tertiary/aromatic N) is 2. The molecular weight excluding hydrogens is 272 g/mol. The third-order valence-corrected chi connectivity index (χ3v) is 5.08. The second kappa shape index (κ2) is 6.10. The van der Waals surface area contributed by atoms with Crippen molar-refractivity contribution >= 4 is 22.4 Å². The number of nitrogen functional groups attached to an aromatic ring is 1. The van der Waals surface area contributed by atoms with Crippen LogP contribution in [0.4, 0.5) is 5.13 Å². The van der Waals surface area contributed by atoms with E-state index in [9.17, 15) is 4.79 Å². The van der Waals surface area contributed by atoms with Crippen LogP contribution in [0.25, 0.3) is 0 Å². The van der Waals surface area contributed by atoms with Crippen LogP contribution in [-0.2, 0) is 17.8 Å². The molecule has 3 N–H and O–H groups in total. The van der Waals surface area contributed by atoms with Gasteiger partial charge in [-0.2, -0.15) is 0 Å². The fourth-order valence-electron chi connectivity index (χ4n) is 3.13. The van der Waals surface area contributed by atoms with Crippen molar-refractivity contribution in [1.29, 1.82) is 0 Å². The third-order valence-electron chi connectivity index (χ3n) is 4.16. The van der Waals surface area contributed by atoms with Crippen LogP contribution < -0.4 is 11.1 Å². The van der Waals surface area contributed by atoms with Gasteiger partial charge in [0.2, 0.25) is 5.91 Å². The van der Waals surface area contributed by atoms with Gasteiger partial charge in [-0.25, -0.2) is 4.98 Å². The van der Waals surface area contributed by atoms with E-state index < -0.39 is 0 Å². The normalized spacial score (nSPS) is 20.6. The lowest BCUT2D eigenvalue weighted by molar-refractivity contribution is -0.123. The van der Waals surface area contributed by atoms with Crippen LogP contribution in [0.15, 0.2) is 0 Å². The summed E-state index contributed by atoms with van der Waals surface area (Å²) in [5, 5.41) is 3.82. The highest BCUT2D eigenvalue weighted by Crippen LogP contribution is 2.26. The van der Waals surface area contributed by atoms with Crippen LogP contribution in [0, 0.1) is 0 Å². The molecule has 1 amide bonds. The summed E-state index contributed by atoms with van der Waals surface area (Å²) in [7, 11) is 0. The number of amides is 1. The summed E-state index contributed by atoms with van der Waals surface area (Å²) in [6.07, 6.45) is 6.99. The van der Waals surface area contributed by atoms with Crippen LogP contribution in [-0.4, -0.2) is 34.9 Å². The molecule has 1 aromatic heterocycles. The number of thiazole rings is 1. The van der Waals surface area contributed by atoms with E-state index in [1.54, 1.807) is 11.3 Å². The largest absolute Gasteiger partial charge is 0.375 e. The van der Waals surface area contributed by atoms with Crippen molar-refractivity contribution in [3.63, 3.8) is 0 Å². The molecule has 1 aliphatic heterocycles. The Morgan fingerprint density at radius 2 is 2.20 bits per heavy atom. The summed E-state index contributed by atoms with van der Waals surface area (Å²) in [4.78, 5) is 19.8. The lowest BCUT2D eigenvalue weighted by atomic mass is 9.95. The number of aromatic nitrogens is 1. The number of hydrogen-bond acceptors (Lipinski definition) is 5. The summed E-state index contributed by atoms with van der Waals surface area (Å²) >= 11 is 1.55. The standard InChI is InChI=1S/C14H22N4OS/c15-14-17-11-6-7-18(8-12(11)20-14)9-13(19)16-10-4-2-1-3-5-10/h10H,1-9H2,(H2,15,17)(H,16,19). The van der Waals surface area contributed by atoms with Gasteiger partial charge in [-0.15, -0.1) is 11.3 Å². The minimum atomic E-state index is 0.165. The maximum absolute atomic E-state index is 12.1. The van der Waals surface area contributed by atoms with Crippen molar-refractivity contribution in [2.24, 2.45) is 0 Å². The van der Waals surface area contributed by atoms with E-state index >= 15 is 0 Å². The molecule has 1 aromatic rings. The third kappa shape index (κ3) is 3.30. The molecule has 0 spiro atoms. The minimum Gasteiger partial charge on any atom is -0.375 e. The van der Waals surface area contributed by atoms with Gasteiger partial charge in [0.25, 0.3) is 0 Å². The lowest BCUT2D eigenvalue weighted by Gasteiger charge is -2.27. The molecule has 2 aliphatic rings. The Hall–Kier alpha value is -1.14. The summed E-state index contributed by atoms with van der Waals surface area (Å²) in [6.45, 7) is 2.20. The average Bonchev–Trinajstić information content (AvgIpc) is 2.79. The predicted octanol–water partition coefficient (Wildman–Crippen LogP) is 1.53. The van der Waals surface area contributed by atoms with Gasteiger partial charge in [0.1, 0.15) is 0 Å². The molecule has 3 rings (SSSR count). The highest BCUT2D eigenvalue weighted by Gasteiger charge is 2.23. The van der Waals surface area contributed by atoms with Crippen molar-refractivity contribution in [3.05, 3.63) is 10.6 Å². The number of fused-ring (bicyclic) bond motifs is 1. The Balaban J connectivity index is 1.50. The molecule has 5 nitrogen and oxygen atoms in total. The smallest absolute Gasteiger partial charge is 0.234 e. The molecule has 0 aromatic carbocycles. The predicted molar refractivity (Wildman–Crippen MR) is 80.5 cm³/mol. The van der Waals surface area contributed by atoms with E-state index in [2.05, 4.69) is 15.2 Å². The fraction of sp³-hybridized carbons (Fsp3) is 0.714. The van der Waals surface area contributed by atoms with Gasteiger partial charge in [0.05, 0.1) is 12.2 Å². The molecule has 20 heavy (non-hydrogen) atoms. The Morgan fingerprint density at radius 1 is 1.40 bits per heavy atom. The first-order valence-electron chi connectivity index (χ1n) is 7.46. The van der Waals surface area contributed by atoms with Gasteiger partial charge in [-0.05, 0) is 12.8 Å². The first-order valence-corrected chi connectivity index (χ1v) is 8.28. The van der Waals surface area contributed by atoms with E-state index in [-0.39, 0.29) is 5.91 Å². The zero-order chi connectivity index (χ0) is 13.9. The Kier molecular flexibility index (Phi) is 4.21. The van der Waals surface area contributed by atoms with Crippen LogP contribution >= 0.6 is 11.3 Å². The molecule has 0 saturated heterocycles. The highest BCUT2D eigenvalue weighted by atomic mass is 32.1. The van der Waals surface area contributed by atoms with Gasteiger partial charge in [-0.3, -0.25) is 9.69 Å². The van der Waals surface area contributed by atoms with Gasteiger partial charge in [0.15, 0.2) is 5.13 Å². The molecular formula is C14H22N4OS. The molecule has 6 heteroatoms. The molecule has 0 atom stereocenters. The van der Waals surface area contributed by atoms with E-state index in [4.69, 9.17) is 5.73 Å². The lowest BCUT2D eigenvalue weighted by Crippen LogP contribution is -2.44. The first kappa shape index (κ1) is 13.8. The minimum absolute atomic E-state index is 0.165. The van der Waals surface area contributed by atoms with Crippen molar-refractivity contribution < 1.29 is 4.79 Å². The van der Waals surface area contributed by atoms with E-state index in [1.165, 1.54) is 24.1 Å². The first-order chi connectivity index (χ1) is 9.70. The maximum atomic E-state index is 12.1. The van der Waals surface area contributed by atoms with Crippen molar-refractivity contribution in [2.45, 2.75) is 51.1 Å². The molecule has 0 radical (unpaired) electrons. The second-order valence-electron chi connectivity index (χ2n) is 5.79. The molecule has 0 bridgehead atoms. The summed E-state index contributed by atoms with van der Waals surface area (Å²) in [6, 6.07) is 0.399. The number of anilines is 1.